The van der Waals surface area contributed by atoms with E-state index in [0.29, 0.717) is 0 Å². The van der Waals surface area contributed by atoms with Crippen LogP contribution >= 0.6 is 0 Å². The molecule has 59 heavy (non-hydrogen) atoms. The van der Waals surface area contributed by atoms with Crippen molar-refractivity contribution in [2.45, 2.75) is 81.3 Å². The minimum atomic E-state index is -1.85. The number of fused-ring (bicyclic) bond motifs is 2. The Morgan fingerprint density at radius 1 is 0.678 bits per heavy atom. The van der Waals surface area contributed by atoms with Gasteiger partial charge in [-0.1, -0.05) is 12.1 Å². The van der Waals surface area contributed by atoms with Gasteiger partial charge in [-0.25, -0.2) is 0 Å². The van der Waals surface area contributed by atoms with E-state index in [1.807, 2.05) is 0 Å². The van der Waals surface area contributed by atoms with Crippen molar-refractivity contribution in [2.24, 2.45) is 0 Å². The number of carbonyl (C=O) groups is 2. The molecular weight excluding hydrogens is 784 g/mol. The summed E-state index contributed by atoms with van der Waals surface area (Å²) in [6.07, 6.45) is -14.2. The quantitative estimate of drug-likeness (QED) is 0.0888. The van der Waals surface area contributed by atoms with Crippen LogP contribution in [-0.2, 0) is 30.2 Å². The van der Waals surface area contributed by atoms with Gasteiger partial charge >= 0.3 is 11.9 Å². The van der Waals surface area contributed by atoms with E-state index in [4.69, 9.17) is 28.4 Å². The number of hydrogen-bond donors (Lipinski definition) is 11. The number of phenols is 7. The molecule has 3 heterocycles. The number of phenolic OH excluding ortho intramolecular Hbond substituents is 7. The van der Waals surface area contributed by atoms with Crippen molar-refractivity contribution in [2.75, 3.05) is 6.61 Å². The molecule has 4 aromatic rings. The molecule has 19 nitrogen and oxygen atoms in total. The number of aliphatic hydroxyl groups excluding tert-OH is 4. The lowest BCUT2D eigenvalue weighted by molar-refractivity contribution is -0.277. The molecule has 3 aliphatic heterocycles. The lowest BCUT2D eigenvalue weighted by Gasteiger charge is -2.42. The average molecular weight is 825 g/mol. The highest BCUT2D eigenvalue weighted by Crippen LogP contribution is 2.58. The zero-order valence-corrected chi connectivity index (χ0v) is 31.1. The van der Waals surface area contributed by atoms with Gasteiger partial charge in [-0.05, 0) is 24.3 Å². The Labute approximate surface area is 333 Å². The van der Waals surface area contributed by atoms with Crippen LogP contribution in [0.3, 0.4) is 0 Å². The van der Waals surface area contributed by atoms with Gasteiger partial charge in [0.05, 0.1) is 12.5 Å². The van der Waals surface area contributed by atoms with Crippen molar-refractivity contribution in [3.8, 4) is 57.5 Å². The Morgan fingerprint density at radius 3 is 2.00 bits per heavy atom. The van der Waals surface area contributed by atoms with Crippen LogP contribution in [0.1, 0.15) is 59.8 Å². The zero-order chi connectivity index (χ0) is 42.6. The van der Waals surface area contributed by atoms with Gasteiger partial charge in [0.25, 0.3) is 0 Å². The van der Waals surface area contributed by atoms with Crippen molar-refractivity contribution in [3.63, 3.8) is 0 Å². The van der Waals surface area contributed by atoms with Gasteiger partial charge in [0, 0.05) is 66.3 Å². The van der Waals surface area contributed by atoms with Crippen molar-refractivity contribution in [1.82, 2.24) is 0 Å². The predicted octanol–water partition coefficient (Wildman–Crippen LogP) is 1.61. The Kier molecular flexibility index (Phi) is 10.9. The first kappa shape index (κ1) is 40.8. The van der Waals surface area contributed by atoms with Gasteiger partial charge in [0.15, 0.2) is 41.3 Å². The van der Waals surface area contributed by atoms with E-state index in [9.17, 15) is 65.8 Å². The molecule has 7 rings (SSSR count). The molecule has 10 atom stereocenters. The molecule has 1 saturated heterocycles. The lowest BCUT2D eigenvalue weighted by atomic mass is 9.77. The molecule has 0 amide bonds. The van der Waals surface area contributed by atoms with Crippen LogP contribution in [0.2, 0.25) is 0 Å². The maximum Gasteiger partial charge on any atom is 0.303 e. The fourth-order valence-corrected chi connectivity index (χ4v) is 7.68. The van der Waals surface area contributed by atoms with E-state index < -0.39 is 120 Å². The van der Waals surface area contributed by atoms with Crippen LogP contribution < -0.4 is 14.2 Å². The topological polar surface area (TPSA) is 312 Å². The SMILES string of the molecule is CC(=O)OC1Cc2c(O)cc(O)c(C3c4c(O)cc(O)cc4OC(c4ccc(O)c(O)c4)C3OC(C)=O)c2OC1c1ccc(O)c(OC2OC(CO)C(O)C(O)C2O)c1. The molecule has 4 aromatic carbocycles. The summed E-state index contributed by atoms with van der Waals surface area (Å²) < 4.78 is 35.4. The second-order valence-electron chi connectivity index (χ2n) is 14.3. The second kappa shape index (κ2) is 15.8. The van der Waals surface area contributed by atoms with Gasteiger partial charge in [-0.15, -0.1) is 0 Å². The standard InChI is InChI=1S/C40H40O19/c1-14(42)54-28-11-19-22(47)12-25(50)31(38(19)59-36(28)17-4-6-21(46)26(8-17)57-40-35(53)34(52)33(51)29(13-41)58-40)32-30-24(49)9-18(44)10-27(30)56-37(39(32)55-15(2)43)16-3-5-20(45)23(48)7-16/h3-10,12,28-29,32-37,39-41,44-53H,11,13H2,1-2H3. The number of rotatable bonds is 8. The van der Waals surface area contributed by atoms with E-state index in [-0.39, 0.29) is 51.5 Å². The smallest absolute Gasteiger partial charge is 0.303 e. The largest absolute Gasteiger partial charge is 0.508 e. The maximum atomic E-state index is 12.8. The number of benzene rings is 4. The number of aromatic hydroxyl groups is 7. The summed E-state index contributed by atoms with van der Waals surface area (Å²) in [7, 11) is 0. The highest BCUT2D eigenvalue weighted by molar-refractivity contribution is 5.70. The average Bonchev–Trinajstić information content (AvgIpc) is 3.17. The van der Waals surface area contributed by atoms with Gasteiger partial charge in [-0.3, -0.25) is 9.59 Å². The molecule has 10 unspecified atom stereocenters. The van der Waals surface area contributed by atoms with Crippen LogP contribution in [0.4, 0.5) is 0 Å². The summed E-state index contributed by atoms with van der Waals surface area (Å²) in [5, 5.41) is 117. The Bertz CT molecular complexity index is 2270. The summed E-state index contributed by atoms with van der Waals surface area (Å²) in [5.74, 6) is -7.55. The van der Waals surface area contributed by atoms with E-state index in [1.165, 1.54) is 18.2 Å². The zero-order valence-electron chi connectivity index (χ0n) is 31.1. The molecule has 3 aliphatic rings. The first-order valence-corrected chi connectivity index (χ1v) is 18.1. The van der Waals surface area contributed by atoms with Crippen molar-refractivity contribution in [1.29, 1.82) is 0 Å². The Morgan fingerprint density at radius 2 is 1.34 bits per heavy atom. The van der Waals surface area contributed by atoms with Crippen LogP contribution in [0.15, 0.2) is 54.6 Å². The van der Waals surface area contributed by atoms with Crippen LogP contribution in [0.5, 0.6) is 57.5 Å². The minimum absolute atomic E-state index is 0.0106. The Balaban J connectivity index is 1.38. The molecule has 0 spiro atoms. The van der Waals surface area contributed by atoms with Crippen molar-refractivity contribution in [3.05, 3.63) is 82.4 Å². The predicted molar refractivity (Wildman–Crippen MR) is 195 cm³/mol. The van der Waals surface area contributed by atoms with E-state index >= 15 is 0 Å². The van der Waals surface area contributed by atoms with Crippen LogP contribution in [-0.4, -0.2) is 118 Å². The summed E-state index contributed by atoms with van der Waals surface area (Å²) in [6, 6.07) is 10.5. The van der Waals surface area contributed by atoms with Gasteiger partial charge in [-0.2, -0.15) is 0 Å². The molecule has 0 aromatic heterocycles. The highest BCUT2D eigenvalue weighted by atomic mass is 16.7. The molecule has 0 radical (unpaired) electrons. The summed E-state index contributed by atoms with van der Waals surface area (Å²) in [4.78, 5) is 25.2. The van der Waals surface area contributed by atoms with Gasteiger partial charge in [0.2, 0.25) is 6.29 Å². The number of carbonyl (C=O) groups excluding carboxylic acids is 2. The number of aliphatic hydroxyl groups is 4. The van der Waals surface area contributed by atoms with Crippen LogP contribution in [0.25, 0.3) is 0 Å². The maximum absolute atomic E-state index is 12.8. The summed E-state index contributed by atoms with van der Waals surface area (Å²) in [5.41, 5.74) is -0.0447. The first-order chi connectivity index (χ1) is 28.0. The normalized spacial score (nSPS) is 27.3. The van der Waals surface area contributed by atoms with Crippen molar-refractivity contribution >= 4 is 11.9 Å². The second-order valence-corrected chi connectivity index (χ2v) is 14.3. The monoisotopic (exact) mass is 824 g/mol. The molecule has 0 saturated carbocycles. The molecule has 11 N–H and O–H groups in total. The minimum Gasteiger partial charge on any atom is -0.508 e. The lowest BCUT2D eigenvalue weighted by Crippen LogP contribution is -2.60. The third-order valence-electron chi connectivity index (χ3n) is 10.3. The molecular formula is C40H40O19. The molecule has 314 valence electrons. The molecule has 0 bridgehead atoms. The molecule has 1 fully saturated rings. The number of esters is 2. The van der Waals surface area contributed by atoms with Gasteiger partial charge in [0.1, 0.15) is 65.0 Å². The van der Waals surface area contributed by atoms with E-state index in [1.54, 1.807) is 0 Å². The summed E-state index contributed by atoms with van der Waals surface area (Å²) in [6.45, 7) is 1.46. The van der Waals surface area contributed by atoms with E-state index in [2.05, 4.69) is 0 Å². The highest BCUT2D eigenvalue weighted by Gasteiger charge is 2.49. The number of hydrogen-bond acceptors (Lipinski definition) is 19. The van der Waals surface area contributed by atoms with Crippen molar-refractivity contribution < 1.29 is 94.2 Å². The summed E-state index contributed by atoms with van der Waals surface area (Å²) >= 11 is 0. The fourth-order valence-electron chi connectivity index (χ4n) is 7.68. The molecule has 0 aliphatic carbocycles. The fraction of sp³-hybridized carbons (Fsp3) is 0.350. The van der Waals surface area contributed by atoms with E-state index in [0.717, 1.165) is 50.2 Å². The van der Waals surface area contributed by atoms with Crippen LogP contribution in [0, 0.1) is 0 Å². The molecule has 19 heteroatoms. The van der Waals surface area contributed by atoms with Gasteiger partial charge < -0.3 is 84.6 Å². The third kappa shape index (κ3) is 7.56. The third-order valence-corrected chi connectivity index (χ3v) is 10.3. The Hall–Kier alpha value is -6.38. The number of ether oxygens (including phenoxy) is 6. The first-order valence-electron chi connectivity index (χ1n) is 18.1.